The summed E-state index contributed by atoms with van der Waals surface area (Å²) in [5, 5.41) is 22.1. The van der Waals surface area contributed by atoms with Gasteiger partial charge < -0.3 is 14.6 Å². The Morgan fingerprint density at radius 1 is 1.14 bits per heavy atom. The van der Waals surface area contributed by atoms with Crippen molar-refractivity contribution in [1.29, 1.82) is 0 Å². The number of nitrogens with zero attached hydrogens (tertiary/aromatic N) is 1. The van der Waals surface area contributed by atoms with Gasteiger partial charge in [0.05, 0.1) is 17.1 Å². The number of esters is 1. The van der Waals surface area contributed by atoms with Gasteiger partial charge in [-0.3, -0.25) is 24.5 Å². The highest BCUT2D eigenvalue weighted by atomic mass is 19.4. The quantitative estimate of drug-likeness (QED) is 0.391. The molecule has 9 nitrogen and oxygen atoms in total. The van der Waals surface area contributed by atoms with Crippen molar-refractivity contribution < 1.29 is 47.1 Å². The van der Waals surface area contributed by atoms with E-state index < -0.39 is 63.3 Å². The molecule has 2 aromatic rings. The molecule has 4 rings (SSSR count). The summed E-state index contributed by atoms with van der Waals surface area (Å²) in [7, 11) is 0. The molecule has 2 aromatic carbocycles. The van der Waals surface area contributed by atoms with E-state index >= 15 is 0 Å². The van der Waals surface area contributed by atoms with Crippen LogP contribution in [0.4, 0.5) is 18.9 Å². The molecule has 1 N–H and O–H groups in total. The summed E-state index contributed by atoms with van der Waals surface area (Å²) in [5.41, 5.74) is -1.90. The SMILES string of the molecule is CCOC(=O)[C@H]1[C@H](c2cccc([N+](=O)[O-])c2)C2=C(O[C@]1(O)C(F)(F)F)C(=O)c1ccccc1C2=O. The van der Waals surface area contributed by atoms with Crippen molar-refractivity contribution in [2.75, 3.05) is 6.61 Å². The summed E-state index contributed by atoms with van der Waals surface area (Å²) in [6.45, 7) is 0.930. The Hall–Kier alpha value is -4.06. The molecular weight excluding hydrogens is 475 g/mol. The molecule has 1 aliphatic heterocycles. The van der Waals surface area contributed by atoms with Gasteiger partial charge in [-0.15, -0.1) is 0 Å². The lowest BCUT2D eigenvalue weighted by atomic mass is 9.69. The fourth-order valence-corrected chi connectivity index (χ4v) is 4.32. The van der Waals surface area contributed by atoms with E-state index in [4.69, 9.17) is 9.47 Å². The van der Waals surface area contributed by atoms with Crippen molar-refractivity contribution in [2.24, 2.45) is 5.92 Å². The minimum atomic E-state index is -5.64. The van der Waals surface area contributed by atoms with Gasteiger partial charge in [0.15, 0.2) is 11.5 Å². The molecule has 0 saturated carbocycles. The third-order valence-corrected chi connectivity index (χ3v) is 5.82. The van der Waals surface area contributed by atoms with E-state index in [2.05, 4.69) is 0 Å². The van der Waals surface area contributed by atoms with E-state index in [1.165, 1.54) is 31.2 Å². The number of aliphatic hydroxyl groups is 1. The number of hydrogen-bond acceptors (Lipinski definition) is 8. The number of benzene rings is 2. The summed E-state index contributed by atoms with van der Waals surface area (Å²) in [6.07, 6.45) is -5.64. The Morgan fingerprint density at radius 2 is 1.77 bits per heavy atom. The maximum Gasteiger partial charge on any atom is 0.456 e. The first-order valence-electron chi connectivity index (χ1n) is 10.2. The van der Waals surface area contributed by atoms with Crippen LogP contribution in [0.5, 0.6) is 0 Å². The van der Waals surface area contributed by atoms with Crippen LogP contribution in [0.15, 0.2) is 59.9 Å². The zero-order chi connectivity index (χ0) is 25.7. The van der Waals surface area contributed by atoms with Crippen molar-refractivity contribution >= 4 is 23.2 Å². The second-order valence-corrected chi connectivity index (χ2v) is 7.80. The predicted octanol–water partition coefficient (Wildman–Crippen LogP) is 3.47. The molecule has 0 spiro atoms. The van der Waals surface area contributed by atoms with E-state index in [-0.39, 0.29) is 23.3 Å². The van der Waals surface area contributed by atoms with E-state index in [1.54, 1.807) is 0 Å². The lowest BCUT2D eigenvalue weighted by molar-refractivity contribution is -0.385. The van der Waals surface area contributed by atoms with Crippen molar-refractivity contribution in [3.8, 4) is 0 Å². The van der Waals surface area contributed by atoms with Crippen LogP contribution in [-0.4, -0.2) is 46.1 Å². The van der Waals surface area contributed by atoms with Crippen LogP contribution in [0.2, 0.25) is 0 Å². The second-order valence-electron chi connectivity index (χ2n) is 7.80. The summed E-state index contributed by atoms with van der Waals surface area (Å²) in [4.78, 5) is 49.9. The van der Waals surface area contributed by atoms with Crippen molar-refractivity contribution in [1.82, 2.24) is 0 Å². The number of non-ortho nitro benzene ring substituents is 1. The molecule has 1 aliphatic carbocycles. The first-order valence-corrected chi connectivity index (χ1v) is 10.2. The van der Waals surface area contributed by atoms with Gasteiger partial charge in [-0.2, -0.15) is 13.2 Å². The van der Waals surface area contributed by atoms with Gasteiger partial charge in [-0.05, 0) is 12.5 Å². The van der Waals surface area contributed by atoms with E-state index in [1.807, 2.05) is 0 Å². The van der Waals surface area contributed by atoms with Crippen LogP contribution < -0.4 is 0 Å². The standard InChI is InChI=1S/C23H16F3NO8/c1-2-34-21(30)17-15(11-6-5-7-12(10-11)27(32)33)16-18(28)13-8-3-4-9-14(13)19(29)20(16)35-22(17,31)23(24,25)26/h3-10,15,17,31H,2H2,1H3/t15-,17-,22+/m1/s1. The molecule has 0 aromatic heterocycles. The van der Waals surface area contributed by atoms with Crippen LogP contribution >= 0.6 is 0 Å². The third-order valence-electron chi connectivity index (χ3n) is 5.82. The van der Waals surface area contributed by atoms with Crippen molar-refractivity contribution in [3.05, 3.63) is 86.7 Å². The van der Waals surface area contributed by atoms with E-state index in [0.29, 0.717) is 0 Å². The molecule has 0 unspecified atom stereocenters. The number of rotatable bonds is 4. The predicted molar refractivity (Wildman–Crippen MR) is 110 cm³/mol. The maximum absolute atomic E-state index is 14.2. The van der Waals surface area contributed by atoms with Gasteiger partial charge >= 0.3 is 17.9 Å². The van der Waals surface area contributed by atoms with E-state index in [0.717, 1.165) is 24.3 Å². The van der Waals surface area contributed by atoms with Gasteiger partial charge in [-0.1, -0.05) is 36.4 Å². The number of nitro groups is 1. The first kappa shape index (κ1) is 24.1. The number of carbonyl (C=O) groups is 3. The number of ketones is 2. The third kappa shape index (κ3) is 3.66. The number of ether oxygens (including phenoxy) is 2. The number of alkyl halides is 3. The molecule has 0 saturated heterocycles. The number of fused-ring (bicyclic) bond motifs is 1. The van der Waals surface area contributed by atoms with Crippen LogP contribution in [0.3, 0.4) is 0 Å². The molecule has 35 heavy (non-hydrogen) atoms. The summed E-state index contributed by atoms with van der Waals surface area (Å²) < 4.78 is 52.3. The molecule has 3 atom stereocenters. The van der Waals surface area contributed by atoms with Gasteiger partial charge in [0.25, 0.3) is 5.69 Å². The fraction of sp³-hybridized carbons (Fsp3) is 0.261. The number of hydrogen-bond donors (Lipinski definition) is 1. The number of Topliss-reactive ketones (excluding diaryl/α,β-unsaturated/α-hetero) is 2. The summed E-state index contributed by atoms with van der Waals surface area (Å²) in [5.74, 6) is -13.6. The van der Waals surface area contributed by atoms with Crippen LogP contribution in [-0.2, 0) is 14.3 Å². The number of nitro benzene ring substituents is 1. The zero-order valence-corrected chi connectivity index (χ0v) is 17.9. The Morgan fingerprint density at radius 3 is 2.34 bits per heavy atom. The van der Waals surface area contributed by atoms with Gasteiger partial charge in [0.2, 0.25) is 5.78 Å². The normalized spacial score (nSPS) is 23.8. The lowest BCUT2D eigenvalue weighted by Crippen LogP contribution is -2.61. The zero-order valence-electron chi connectivity index (χ0n) is 17.9. The Bertz CT molecular complexity index is 1300. The number of halogens is 3. The van der Waals surface area contributed by atoms with Gasteiger partial charge in [-0.25, -0.2) is 0 Å². The fourth-order valence-electron chi connectivity index (χ4n) is 4.32. The molecule has 0 amide bonds. The maximum atomic E-state index is 14.2. The molecule has 12 heteroatoms. The number of allylic oxidation sites excluding steroid dienone is 2. The Balaban J connectivity index is 2.07. The molecule has 0 fully saturated rings. The average Bonchev–Trinajstić information content (AvgIpc) is 2.81. The molecular formula is C23H16F3NO8. The Labute approximate surface area is 194 Å². The smallest absolute Gasteiger partial charge is 0.456 e. The van der Waals surface area contributed by atoms with Crippen LogP contribution in [0, 0.1) is 16.0 Å². The summed E-state index contributed by atoms with van der Waals surface area (Å²) in [6, 6.07) is 9.49. The van der Waals surface area contributed by atoms with Gasteiger partial charge in [0, 0.05) is 29.2 Å². The van der Waals surface area contributed by atoms with Crippen molar-refractivity contribution in [2.45, 2.75) is 24.8 Å². The molecule has 182 valence electrons. The van der Waals surface area contributed by atoms with E-state index in [9.17, 15) is 42.8 Å². The number of carbonyl (C=O) groups excluding carboxylic acids is 3. The first-order chi connectivity index (χ1) is 16.4. The highest BCUT2D eigenvalue weighted by molar-refractivity contribution is 6.27. The Kier molecular flexibility index (Phi) is 5.71. The molecule has 2 aliphatic rings. The van der Waals surface area contributed by atoms with Gasteiger partial charge in [0.1, 0.15) is 5.92 Å². The molecule has 0 radical (unpaired) electrons. The highest BCUT2D eigenvalue weighted by Gasteiger charge is 2.70. The minimum absolute atomic E-state index is 0.157. The van der Waals surface area contributed by atoms with Crippen molar-refractivity contribution in [3.63, 3.8) is 0 Å². The lowest BCUT2D eigenvalue weighted by Gasteiger charge is -2.45. The van der Waals surface area contributed by atoms with Crippen LogP contribution in [0.25, 0.3) is 0 Å². The molecule has 1 heterocycles. The molecule has 0 bridgehead atoms. The minimum Gasteiger partial charge on any atom is -0.466 e. The average molecular weight is 491 g/mol. The highest BCUT2D eigenvalue weighted by Crippen LogP contribution is 2.54. The summed E-state index contributed by atoms with van der Waals surface area (Å²) >= 11 is 0. The van der Waals surface area contributed by atoms with Crippen LogP contribution in [0.1, 0.15) is 39.1 Å². The monoisotopic (exact) mass is 491 g/mol. The topological polar surface area (TPSA) is 133 Å². The largest absolute Gasteiger partial charge is 0.466 e. The second kappa shape index (κ2) is 8.31.